The number of hydrogen-bond acceptors (Lipinski definition) is 0. The van der Waals surface area contributed by atoms with Crippen LogP contribution in [0.4, 0.5) is 0 Å². The van der Waals surface area contributed by atoms with E-state index in [1.54, 1.807) is 16.7 Å². The minimum absolute atomic E-state index is 0. The quantitative estimate of drug-likeness (QED) is 0.355. The van der Waals surface area contributed by atoms with Crippen LogP contribution in [0.25, 0.3) is 0 Å². The van der Waals surface area contributed by atoms with Gasteiger partial charge in [-0.3, -0.25) is 6.08 Å². The summed E-state index contributed by atoms with van der Waals surface area (Å²) in [5.74, 6) is 0. The third kappa shape index (κ3) is 4.47. The van der Waals surface area contributed by atoms with Gasteiger partial charge in [-0.15, -0.1) is 12.0 Å². The summed E-state index contributed by atoms with van der Waals surface area (Å²) in [5.41, 5.74) is 7.95. The third-order valence-electron chi connectivity index (χ3n) is 4.51. The number of unbranched alkanes of at least 4 members (excludes halogenated alkanes) is 2. The van der Waals surface area contributed by atoms with Crippen molar-refractivity contribution in [1.82, 2.24) is 0 Å². The molecule has 0 amide bonds. The maximum absolute atomic E-state index is 3.53. The first-order valence-electron chi connectivity index (χ1n) is 8.53. The second-order valence-electron chi connectivity index (χ2n) is 5.93. The largest absolute Gasteiger partial charge is 0.269 e. The molecule has 2 aliphatic rings. The van der Waals surface area contributed by atoms with Crippen molar-refractivity contribution in [3.8, 4) is 0 Å². The zero-order valence-electron chi connectivity index (χ0n) is 13.9. The predicted octanol–water partition coefficient (Wildman–Crippen LogP) is 6.46. The second-order valence-corrected chi connectivity index (χ2v) is 5.93. The van der Waals surface area contributed by atoms with E-state index in [2.05, 4.69) is 39.0 Å². The van der Waals surface area contributed by atoms with Gasteiger partial charge in [0.1, 0.15) is 0 Å². The molecule has 0 radical (unpaired) electrons. The SMILES string of the molecule is CCCCC1=CCC(C2=CC[C-]=C2CC)=C1CCCC.[Fe]. The van der Waals surface area contributed by atoms with Crippen LogP contribution in [0.15, 0.2) is 40.0 Å². The van der Waals surface area contributed by atoms with Gasteiger partial charge in [0.25, 0.3) is 0 Å². The van der Waals surface area contributed by atoms with E-state index in [-0.39, 0.29) is 17.1 Å². The van der Waals surface area contributed by atoms with Gasteiger partial charge in [-0.1, -0.05) is 51.7 Å². The van der Waals surface area contributed by atoms with Gasteiger partial charge in [0.05, 0.1) is 0 Å². The summed E-state index contributed by atoms with van der Waals surface area (Å²) in [7, 11) is 0. The Morgan fingerprint density at radius 2 is 1.71 bits per heavy atom. The van der Waals surface area contributed by atoms with Crippen molar-refractivity contribution >= 4 is 0 Å². The Morgan fingerprint density at radius 3 is 2.38 bits per heavy atom. The van der Waals surface area contributed by atoms with Crippen LogP contribution in [0.3, 0.4) is 0 Å². The summed E-state index contributed by atoms with van der Waals surface area (Å²) in [5, 5.41) is 0. The molecule has 0 aliphatic heterocycles. The molecule has 0 aromatic heterocycles. The summed E-state index contributed by atoms with van der Waals surface area (Å²) in [6.45, 7) is 6.84. The molecule has 0 spiro atoms. The maximum Gasteiger partial charge on any atom is 0 e. The van der Waals surface area contributed by atoms with Gasteiger partial charge in [-0.05, 0) is 37.7 Å². The second kappa shape index (κ2) is 9.49. The summed E-state index contributed by atoms with van der Waals surface area (Å²) in [6, 6.07) is 0. The fraction of sp³-hybridized carbons (Fsp3) is 0.600. The molecular formula is C20H29Fe-. The third-order valence-corrected chi connectivity index (χ3v) is 4.51. The maximum atomic E-state index is 3.53. The Labute approximate surface area is 141 Å². The molecule has 21 heavy (non-hydrogen) atoms. The van der Waals surface area contributed by atoms with Crippen LogP contribution < -0.4 is 0 Å². The normalized spacial score (nSPS) is 17.6. The summed E-state index contributed by atoms with van der Waals surface area (Å²) >= 11 is 0. The minimum atomic E-state index is 0. The van der Waals surface area contributed by atoms with Crippen LogP contribution in [-0.2, 0) is 17.1 Å². The Hall–Kier alpha value is -0.521. The average Bonchev–Trinajstić information content (AvgIpc) is 3.08. The Bertz CT molecular complexity index is 460. The molecule has 0 fully saturated rings. The fourth-order valence-electron chi connectivity index (χ4n) is 3.34. The standard InChI is InChI=1S/C20H29.Fe/c1-4-7-10-17-14-15-20(19(17)12-8-5-2)18-13-9-11-16(18)6-3;/h13-14H,4-10,12,15H2,1-3H3;/q-1;. The van der Waals surface area contributed by atoms with Gasteiger partial charge >= 0.3 is 0 Å². The first kappa shape index (κ1) is 18.5. The summed E-state index contributed by atoms with van der Waals surface area (Å²) < 4.78 is 0. The molecule has 0 unspecified atom stereocenters. The van der Waals surface area contributed by atoms with E-state index in [1.807, 2.05) is 0 Å². The first-order chi connectivity index (χ1) is 9.81. The number of hydrogen-bond donors (Lipinski definition) is 0. The van der Waals surface area contributed by atoms with Gasteiger partial charge in [-0.2, -0.15) is 11.6 Å². The molecule has 0 saturated heterocycles. The molecule has 2 rings (SSSR count). The van der Waals surface area contributed by atoms with Crippen molar-refractivity contribution in [1.29, 1.82) is 0 Å². The van der Waals surface area contributed by atoms with Crippen molar-refractivity contribution in [2.24, 2.45) is 0 Å². The summed E-state index contributed by atoms with van der Waals surface area (Å²) in [4.78, 5) is 0. The van der Waals surface area contributed by atoms with Crippen molar-refractivity contribution in [3.63, 3.8) is 0 Å². The molecule has 1 heteroatoms. The van der Waals surface area contributed by atoms with Crippen LogP contribution in [-0.4, -0.2) is 0 Å². The van der Waals surface area contributed by atoms with E-state index >= 15 is 0 Å². The monoisotopic (exact) mass is 325 g/mol. The van der Waals surface area contributed by atoms with Gasteiger partial charge in [-0.25, -0.2) is 5.57 Å². The Kier molecular flexibility index (Phi) is 8.37. The van der Waals surface area contributed by atoms with E-state index in [9.17, 15) is 0 Å². The van der Waals surface area contributed by atoms with E-state index in [4.69, 9.17) is 0 Å². The van der Waals surface area contributed by atoms with E-state index < -0.39 is 0 Å². The minimum Gasteiger partial charge on any atom is -0.269 e. The molecule has 0 saturated carbocycles. The Morgan fingerprint density at radius 1 is 1.00 bits per heavy atom. The number of allylic oxidation sites excluding steroid dienone is 8. The van der Waals surface area contributed by atoms with E-state index in [0.717, 1.165) is 19.3 Å². The van der Waals surface area contributed by atoms with Gasteiger partial charge in [0.15, 0.2) is 0 Å². The van der Waals surface area contributed by atoms with Gasteiger partial charge < -0.3 is 0 Å². The van der Waals surface area contributed by atoms with Crippen LogP contribution in [0.5, 0.6) is 0 Å². The van der Waals surface area contributed by atoms with Gasteiger partial charge in [0, 0.05) is 17.1 Å². The molecule has 0 N–H and O–H groups in total. The van der Waals surface area contributed by atoms with Crippen LogP contribution in [0.1, 0.15) is 78.6 Å². The molecule has 0 heterocycles. The average molecular weight is 325 g/mol. The van der Waals surface area contributed by atoms with E-state index in [0.29, 0.717) is 0 Å². The van der Waals surface area contributed by atoms with Crippen molar-refractivity contribution in [2.45, 2.75) is 78.6 Å². The summed E-state index contributed by atoms with van der Waals surface area (Å²) in [6.07, 6.45) is 19.5. The van der Waals surface area contributed by atoms with Crippen molar-refractivity contribution in [3.05, 3.63) is 46.1 Å². The molecule has 0 aromatic rings. The van der Waals surface area contributed by atoms with Gasteiger partial charge in [0.2, 0.25) is 0 Å². The van der Waals surface area contributed by atoms with Crippen LogP contribution >= 0.6 is 0 Å². The van der Waals surface area contributed by atoms with Crippen molar-refractivity contribution in [2.75, 3.05) is 0 Å². The zero-order valence-corrected chi connectivity index (χ0v) is 15.0. The zero-order chi connectivity index (χ0) is 14.4. The molecule has 0 nitrogen and oxygen atoms in total. The topological polar surface area (TPSA) is 0 Å². The first-order valence-corrected chi connectivity index (χ1v) is 8.53. The molecular weight excluding hydrogens is 296 g/mol. The molecule has 0 atom stereocenters. The number of rotatable bonds is 8. The van der Waals surface area contributed by atoms with Crippen LogP contribution in [0.2, 0.25) is 0 Å². The molecule has 118 valence electrons. The molecule has 0 aromatic carbocycles. The predicted molar refractivity (Wildman–Crippen MR) is 88.5 cm³/mol. The van der Waals surface area contributed by atoms with E-state index in [1.165, 1.54) is 49.7 Å². The van der Waals surface area contributed by atoms with Crippen LogP contribution in [0, 0.1) is 6.08 Å². The smallest absolute Gasteiger partial charge is 0 e. The fourth-order valence-corrected chi connectivity index (χ4v) is 3.34. The molecule has 0 bridgehead atoms. The van der Waals surface area contributed by atoms with Crippen molar-refractivity contribution < 1.29 is 17.1 Å². The Balaban J connectivity index is 0.00000220. The molecule has 2 aliphatic carbocycles.